The monoisotopic (exact) mass is 352 g/mol. The fourth-order valence-corrected chi connectivity index (χ4v) is 2.69. The van der Waals surface area contributed by atoms with Gasteiger partial charge in [-0.3, -0.25) is 0 Å². The second kappa shape index (κ2) is 7.91. The van der Waals surface area contributed by atoms with Gasteiger partial charge in [0.15, 0.2) is 0 Å². The predicted molar refractivity (Wildman–Crippen MR) is 97.2 cm³/mol. The summed E-state index contributed by atoms with van der Waals surface area (Å²) in [6.07, 6.45) is 2.04. The van der Waals surface area contributed by atoms with E-state index in [0.717, 1.165) is 18.9 Å². The Morgan fingerprint density at radius 3 is 2.23 bits per heavy atom. The number of hydrogen-bond acceptors (Lipinski definition) is 2. The molecule has 3 rings (SSSR count). The third kappa shape index (κ3) is 4.14. The summed E-state index contributed by atoms with van der Waals surface area (Å²) in [5.74, 6) is -1.29. The van der Waals surface area contributed by atoms with Crippen LogP contribution in [0.5, 0.6) is 5.75 Å². The van der Waals surface area contributed by atoms with Gasteiger partial charge in [-0.05, 0) is 53.9 Å². The number of carbonyl (C=O) groups excluding carboxylic acids is 1. The molecule has 0 unspecified atom stereocenters. The van der Waals surface area contributed by atoms with Gasteiger partial charge < -0.3 is 4.74 Å². The van der Waals surface area contributed by atoms with Gasteiger partial charge in [-0.15, -0.1) is 0 Å². The summed E-state index contributed by atoms with van der Waals surface area (Å²) in [7, 11) is 0. The van der Waals surface area contributed by atoms with Crippen molar-refractivity contribution in [3.8, 4) is 16.9 Å². The van der Waals surface area contributed by atoms with Crippen molar-refractivity contribution in [2.75, 3.05) is 0 Å². The maximum absolute atomic E-state index is 13.8. The van der Waals surface area contributed by atoms with Gasteiger partial charge in [-0.25, -0.2) is 13.6 Å². The van der Waals surface area contributed by atoms with E-state index in [1.54, 1.807) is 36.4 Å². The summed E-state index contributed by atoms with van der Waals surface area (Å²) in [5, 5.41) is 0. The van der Waals surface area contributed by atoms with Crippen molar-refractivity contribution in [2.24, 2.45) is 0 Å². The topological polar surface area (TPSA) is 26.3 Å². The molecule has 0 aliphatic carbocycles. The second-order valence-electron chi connectivity index (χ2n) is 5.98. The highest BCUT2D eigenvalue weighted by atomic mass is 19.1. The minimum atomic E-state index is -0.646. The molecule has 0 saturated carbocycles. The van der Waals surface area contributed by atoms with Crippen LogP contribution in [-0.2, 0) is 6.42 Å². The molecule has 0 atom stereocenters. The second-order valence-corrected chi connectivity index (χ2v) is 5.98. The highest BCUT2D eigenvalue weighted by molar-refractivity contribution is 5.91. The first kappa shape index (κ1) is 17.8. The molecular formula is C22H18F2O2. The number of aryl methyl sites for hydroxylation is 1. The molecule has 26 heavy (non-hydrogen) atoms. The van der Waals surface area contributed by atoms with Crippen molar-refractivity contribution in [1.82, 2.24) is 0 Å². The van der Waals surface area contributed by atoms with Crippen molar-refractivity contribution < 1.29 is 18.3 Å². The lowest BCUT2D eigenvalue weighted by Gasteiger charge is -2.07. The average Bonchev–Trinajstić information content (AvgIpc) is 2.64. The van der Waals surface area contributed by atoms with E-state index in [-0.39, 0.29) is 5.56 Å². The minimum Gasteiger partial charge on any atom is -0.423 e. The van der Waals surface area contributed by atoms with Crippen LogP contribution in [-0.4, -0.2) is 5.97 Å². The lowest BCUT2D eigenvalue weighted by molar-refractivity contribution is 0.0734. The van der Waals surface area contributed by atoms with Gasteiger partial charge in [0.25, 0.3) is 0 Å². The van der Waals surface area contributed by atoms with Crippen LogP contribution >= 0.6 is 0 Å². The minimum absolute atomic E-state index is 0.276. The van der Waals surface area contributed by atoms with Crippen molar-refractivity contribution in [1.29, 1.82) is 0 Å². The molecule has 3 aromatic carbocycles. The Balaban J connectivity index is 1.72. The van der Waals surface area contributed by atoms with Crippen LogP contribution in [0.15, 0.2) is 66.7 Å². The molecule has 0 fully saturated rings. The SMILES string of the molecule is CCCc1ccc(OC(=O)c2ccc(-c3ccc(F)cc3F)cc2)cc1. The number of ether oxygens (including phenoxy) is 1. The summed E-state index contributed by atoms with van der Waals surface area (Å²) >= 11 is 0. The zero-order chi connectivity index (χ0) is 18.5. The molecule has 0 aliphatic rings. The molecule has 4 heteroatoms. The quantitative estimate of drug-likeness (QED) is 0.428. The zero-order valence-corrected chi connectivity index (χ0v) is 14.3. The summed E-state index contributed by atoms with van der Waals surface area (Å²) in [4.78, 5) is 12.2. The molecule has 0 heterocycles. The summed E-state index contributed by atoms with van der Waals surface area (Å²) in [5.41, 5.74) is 2.38. The third-order valence-electron chi connectivity index (χ3n) is 4.04. The highest BCUT2D eigenvalue weighted by Gasteiger charge is 2.11. The van der Waals surface area contributed by atoms with E-state index in [1.807, 2.05) is 12.1 Å². The molecule has 0 bridgehead atoms. The first-order valence-corrected chi connectivity index (χ1v) is 8.43. The molecule has 0 aromatic heterocycles. The molecule has 2 nitrogen and oxygen atoms in total. The molecule has 0 spiro atoms. The van der Waals surface area contributed by atoms with Gasteiger partial charge in [0.2, 0.25) is 0 Å². The average molecular weight is 352 g/mol. The van der Waals surface area contributed by atoms with Crippen molar-refractivity contribution in [3.63, 3.8) is 0 Å². The number of carbonyl (C=O) groups is 1. The number of benzene rings is 3. The molecule has 0 amide bonds. The van der Waals surface area contributed by atoms with Crippen molar-refractivity contribution in [3.05, 3.63) is 89.5 Å². The zero-order valence-electron chi connectivity index (χ0n) is 14.3. The molecule has 0 N–H and O–H groups in total. The van der Waals surface area contributed by atoms with E-state index in [9.17, 15) is 13.6 Å². The molecule has 0 radical (unpaired) electrons. The summed E-state index contributed by atoms with van der Waals surface area (Å²) < 4.78 is 32.2. The Morgan fingerprint density at radius 2 is 1.62 bits per heavy atom. The normalized spacial score (nSPS) is 10.6. The van der Waals surface area contributed by atoms with Crippen LogP contribution in [0.1, 0.15) is 29.3 Å². The first-order valence-electron chi connectivity index (χ1n) is 8.43. The molecule has 3 aromatic rings. The highest BCUT2D eigenvalue weighted by Crippen LogP contribution is 2.24. The van der Waals surface area contributed by atoms with E-state index >= 15 is 0 Å². The van der Waals surface area contributed by atoms with Crippen LogP contribution in [0.4, 0.5) is 8.78 Å². The van der Waals surface area contributed by atoms with Crippen LogP contribution in [0.2, 0.25) is 0 Å². The largest absolute Gasteiger partial charge is 0.423 e. The Kier molecular flexibility index (Phi) is 5.42. The van der Waals surface area contributed by atoms with Gasteiger partial charge in [-0.1, -0.05) is 37.6 Å². The number of rotatable bonds is 5. The Morgan fingerprint density at radius 1 is 0.923 bits per heavy atom. The molecule has 0 aliphatic heterocycles. The van der Waals surface area contributed by atoms with E-state index < -0.39 is 17.6 Å². The number of esters is 1. The van der Waals surface area contributed by atoms with E-state index in [1.165, 1.54) is 17.7 Å². The maximum Gasteiger partial charge on any atom is 0.343 e. The van der Waals surface area contributed by atoms with Crippen molar-refractivity contribution >= 4 is 5.97 Å². The lowest BCUT2D eigenvalue weighted by atomic mass is 10.0. The first-order chi connectivity index (χ1) is 12.6. The fourth-order valence-electron chi connectivity index (χ4n) is 2.69. The van der Waals surface area contributed by atoms with E-state index in [4.69, 9.17) is 4.74 Å². The van der Waals surface area contributed by atoms with E-state index in [0.29, 0.717) is 16.9 Å². The standard InChI is InChI=1S/C22H18F2O2/c1-2-3-15-4-11-19(12-5-15)26-22(25)17-8-6-16(7-9-17)20-13-10-18(23)14-21(20)24/h4-14H,2-3H2,1H3. The van der Waals surface area contributed by atoms with Gasteiger partial charge >= 0.3 is 5.97 Å². The van der Waals surface area contributed by atoms with Gasteiger partial charge in [-0.2, -0.15) is 0 Å². The van der Waals surface area contributed by atoms with Crippen LogP contribution in [0.25, 0.3) is 11.1 Å². The van der Waals surface area contributed by atoms with Gasteiger partial charge in [0, 0.05) is 11.6 Å². The maximum atomic E-state index is 13.8. The van der Waals surface area contributed by atoms with Crippen LogP contribution in [0.3, 0.4) is 0 Å². The third-order valence-corrected chi connectivity index (χ3v) is 4.04. The Labute approximate surface area is 151 Å². The summed E-state index contributed by atoms with van der Waals surface area (Å²) in [6, 6.07) is 17.2. The Hall–Kier alpha value is -3.01. The predicted octanol–water partition coefficient (Wildman–Crippen LogP) is 5.80. The van der Waals surface area contributed by atoms with Gasteiger partial charge in [0.1, 0.15) is 17.4 Å². The fraction of sp³-hybridized carbons (Fsp3) is 0.136. The van der Waals surface area contributed by atoms with Crippen LogP contribution in [0, 0.1) is 11.6 Å². The van der Waals surface area contributed by atoms with Gasteiger partial charge in [0.05, 0.1) is 5.56 Å². The molecular weight excluding hydrogens is 334 g/mol. The summed E-state index contributed by atoms with van der Waals surface area (Å²) in [6.45, 7) is 2.11. The molecule has 132 valence electrons. The number of hydrogen-bond donors (Lipinski definition) is 0. The Bertz CT molecular complexity index is 900. The smallest absolute Gasteiger partial charge is 0.343 e. The lowest BCUT2D eigenvalue weighted by Crippen LogP contribution is -2.08. The molecule has 0 saturated heterocycles. The number of halogens is 2. The van der Waals surface area contributed by atoms with Crippen LogP contribution < -0.4 is 4.74 Å². The van der Waals surface area contributed by atoms with E-state index in [2.05, 4.69) is 6.92 Å². The van der Waals surface area contributed by atoms with Crippen molar-refractivity contribution in [2.45, 2.75) is 19.8 Å².